The van der Waals surface area contributed by atoms with E-state index in [1.54, 1.807) is 24.7 Å². The second kappa shape index (κ2) is 9.87. The Bertz CT molecular complexity index is 1390. The van der Waals surface area contributed by atoms with Crippen molar-refractivity contribution in [3.63, 3.8) is 0 Å². The Labute approximate surface area is 205 Å². The van der Waals surface area contributed by atoms with Gasteiger partial charge in [-0.25, -0.2) is 9.97 Å². The minimum absolute atomic E-state index is 0.0383. The topological polar surface area (TPSA) is 86.7 Å². The molecular formula is C28H29N5O2. The van der Waals surface area contributed by atoms with Crippen molar-refractivity contribution >= 4 is 5.52 Å². The molecule has 0 spiro atoms. The van der Waals surface area contributed by atoms with E-state index in [2.05, 4.69) is 23.0 Å². The number of aryl methyl sites for hydroxylation is 1. The summed E-state index contributed by atoms with van der Waals surface area (Å²) in [5, 5.41) is 19.1. The highest BCUT2D eigenvalue weighted by molar-refractivity contribution is 5.82. The van der Waals surface area contributed by atoms with E-state index in [9.17, 15) is 10.4 Å². The number of nitriles is 1. The number of hydrogen-bond donors (Lipinski definition) is 1. The zero-order chi connectivity index (χ0) is 24.4. The molecule has 5 rings (SSSR count). The van der Waals surface area contributed by atoms with Crippen LogP contribution < -0.4 is 4.74 Å². The number of piperidine rings is 1. The van der Waals surface area contributed by atoms with Crippen LogP contribution in [0.15, 0.2) is 55.0 Å². The number of hydrogen-bond acceptors (Lipinski definition) is 6. The van der Waals surface area contributed by atoms with Crippen molar-refractivity contribution in [2.24, 2.45) is 5.92 Å². The first kappa shape index (κ1) is 23.0. The van der Waals surface area contributed by atoms with Gasteiger partial charge in [0.25, 0.3) is 0 Å². The number of nitrogens with zero attached hydrogens (tertiary/aromatic N) is 5. The molecule has 0 unspecified atom stereocenters. The largest absolute Gasteiger partial charge is 0.476 e. The molecule has 2 aromatic heterocycles. The van der Waals surface area contributed by atoms with Crippen LogP contribution in [0.4, 0.5) is 0 Å². The molecule has 0 aliphatic carbocycles. The molecule has 0 amide bonds. The maximum absolute atomic E-state index is 9.87. The summed E-state index contributed by atoms with van der Waals surface area (Å²) in [6.45, 7) is 4.70. The maximum atomic E-state index is 9.87. The number of aliphatic hydroxyl groups excluding tert-OH is 1. The van der Waals surface area contributed by atoms with Crippen molar-refractivity contribution in [1.29, 1.82) is 5.26 Å². The highest BCUT2D eigenvalue weighted by Gasteiger charge is 2.22. The number of likely N-dealkylation sites (tertiary alicyclic amines) is 1. The van der Waals surface area contributed by atoms with E-state index in [1.165, 1.54) is 6.42 Å². The summed E-state index contributed by atoms with van der Waals surface area (Å²) in [5.74, 6) is 1.01. The van der Waals surface area contributed by atoms with Gasteiger partial charge in [-0.2, -0.15) is 5.26 Å². The number of rotatable bonds is 6. The Kier molecular flexibility index (Phi) is 6.49. The van der Waals surface area contributed by atoms with Gasteiger partial charge in [0, 0.05) is 23.6 Å². The van der Waals surface area contributed by atoms with Gasteiger partial charge in [0.2, 0.25) is 5.88 Å². The second-order valence-corrected chi connectivity index (χ2v) is 9.33. The predicted molar refractivity (Wildman–Crippen MR) is 135 cm³/mol. The first-order valence-corrected chi connectivity index (χ1v) is 12.0. The minimum Gasteiger partial charge on any atom is -0.476 e. The summed E-state index contributed by atoms with van der Waals surface area (Å²) >= 11 is 0. The lowest BCUT2D eigenvalue weighted by molar-refractivity contribution is 0.148. The van der Waals surface area contributed by atoms with Gasteiger partial charge in [-0.3, -0.25) is 4.40 Å². The van der Waals surface area contributed by atoms with Crippen molar-refractivity contribution in [3.05, 3.63) is 71.7 Å². The molecule has 1 aliphatic heterocycles. The fraction of sp³-hybridized carbons (Fsp3) is 0.321. The van der Waals surface area contributed by atoms with Gasteiger partial charge in [-0.15, -0.1) is 0 Å². The lowest BCUT2D eigenvalue weighted by Crippen LogP contribution is -2.34. The van der Waals surface area contributed by atoms with E-state index >= 15 is 0 Å². The average Bonchev–Trinajstić information content (AvgIpc) is 3.37. The van der Waals surface area contributed by atoms with Crippen molar-refractivity contribution in [2.45, 2.75) is 26.4 Å². The lowest BCUT2D eigenvalue weighted by Gasteiger charge is -2.29. The number of benzene rings is 2. The van der Waals surface area contributed by atoms with E-state index in [-0.39, 0.29) is 6.61 Å². The molecular weight excluding hydrogens is 438 g/mol. The number of ether oxygens (including phenoxy) is 1. The molecule has 35 heavy (non-hydrogen) atoms. The quantitative estimate of drug-likeness (QED) is 0.451. The molecule has 1 atom stereocenters. The van der Waals surface area contributed by atoms with Crippen LogP contribution in [0.1, 0.15) is 29.5 Å². The maximum Gasteiger partial charge on any atom is 0.240 e. The lowest BCUT2D eigenvalue weighted by atomic mass is 9.99. The molecule has 0 saturated carbocycles. The fourth-order valence-corrected chi connectivity index (χ4v) is 4.84. The van der Waals surface area contributed by atoms with E-state index in [0.717, 1.165) is 58.7 Å². The molecule has 7 heteroatoms. The monoisotopic (exact) mass is 467 g/mol. The van der Waals surface area contributed by atoms with Crippen molar-refractivity contribution < 1.29 is 9.84 Å². The summed E-state index contributed by atoms with van der Waals surface area (Å²) in [6, 6.07) is 15.6. The van der Waals surface area contributed by atoms with Gasteiger partial charge in [0.15, 0.2) is 0 Å². The predicted octanol–water partition coefficient (Wildman–Crippen LogP) is 4.46. The van der Waals surface area contributed by atoms with Crippen LogP contribution in [0.5, 0.6) is 5.88 Å². The summed E-state index contributed by atoms with van der Waals surface area (Å²) < 4.78 is 8.35. The summed E-state index contributed by atoms with van der Waals surface area (Å²) in [5.41, 5.74) is 6.69. The number of imidazole rings is 1. The Balaban J connectivity index is 1.64. The first-order chi connectivity index (χ1) is 17.1. The van der Waals surface area contributed by atoms with Crippen LogP contribution in [-0.2, 0) is 6.61 Å². The zero-order valence-electron chi connectivity index (χ0n) is 20.1. The van der Waals surface area contributed by atoms with E-state index in [0.29, 0.717) is 24.0 Å². The summed E-state index contributed by atoms with van der Waals surface area (Å²) in [7, 11) is 2.15. The molecule has 1 saturated heterocycles. The van der Waals surface area contributed by atoms with Gasteiger partial charge in [0.1, 0.15) is 5.52 Å². The number of aromatic nitrogens is 3. The van der Waals surface area contributed by atoms with Gasteiger partial charge >= 0.3 is 0 Å². The Morgan fingerprint density at radius 2 is 1.97 bits per heavy atom. The third kappa shape index (κ3) is 4.63. The van der Waals surface area contributed by atoms with Gasteiger partial charge in [-0.05, 0) is 62.7 Å². The van der Waals surface area contributed by atoms with Crippen molar-refractivity contribution in [1.82, 2.24) is 19.3 Å². The third-order valence-electron chi connectivity index (χ3n) is 6.79. The Morgan fingerprint density at radius 3 is 2.71 bits per heavy atom. The molecule has 1 aliphatic rings. The fourth-order valence-electron chi connectivity index (χ4n) is 4.84. The van der Waals surface area contributed by atoms with Crippen LogP contribution in [0.3, 0.4) is 0 Å². The summed E-state index contributed by atoms with van der Waals surface area (Å²) in [4.78, 5) is 11.8. The van der Waals surface area contributed by atoms with Crippen LogP contribution >= 0.6 is 0 Å². The molecule has 3 heterocycles. The Morgan fingerprint density at radius 1 is 1.17 bits per heavy atom. The van der Waals surface area contributed by atoms with Gasteiger partial charge < -0.3 is 14.7 Å². The minimum atomic E-state index is -0.0383. The molecule has 4 aromatic rings. The van der Waals surface area contributed by atoms with Crippen LogP contribution in [0.25, 0.3) is 28.0 Å². The smallest absolute Gasteiger partial charge is 0.240 e. The van der Waals surface area contributed by atoms with Crippen molar-refractivity contribution in [2.75, 3.05) is 26.7 Å². The van der Waals surface area contributed by atoms with Crippen LogP contribution in [0, 0.1) is 24.2 Å². The molecule has 7 nitrogen and oxygen atoms in total. The van der Waals surface area contributed by atoms with Crippen molar-refractivity contribution in [3.8, 4) is 34.5 Å². The second-order valence-electron chi connectivity index (χ2n) is 9.33. The Hall–Kier alpha value is -3.73. The SMILES string of the molecule is Cc1ccc(-c2c(-c3ccc(C#N)cc3)nc(OC[C@@H]3CCCN(C)C3)c3cncn23)cc1CO. The number of fused-ring (bicyclic) bond motifs is 1. The molecule has 1 fully saturated rings. The van der Waals surface area contributed by atoms with Crippen LogP contribution in [-0.4, -0.2) is 51.1 Å². The highest BCUT2D eigenvalue weighted by Crippen LogP contribution is 2.36. The zero-order valence-corrected chi connectivity index (χ0v) is 20.1. The highest BCUT2D eigenvalue weighted by atomic mass is 16.5. The van der Waals surface area contributed by atoms with E-state index < -0.39 is 0 Å². The van der Waals surface area contributed by atoms with E-state index in [1.807, 2.05) is 41.7 Å². The summed E-state index contributed by atoms with van der Waals surface area (Å²) in [6.07, 6.45) is 5.88. The van der Waals surface area contributed by atoms with Gasteiger partial charge in [-0.1, -0.05) is 24.3 Å². The molecule has 0 bridgehead atoms. The average molecular weight is 468 g/mol. The normalized spacial score (nSPS) is 16.3. The molecule has 1 N–H and O–H groups in total. The molecule has 2 aromatic carbocycles. The van der Waals surface area contributed by atoms with E-state index in [4.69, 9.17) is 9.72 Å². The first-order valence-electron chi connectivity index (χ1n) is 12.0. The third-order valence-corrected chi connectivity index (χ3v) is 6.79. The molecule has 178 valence electrons. The molecule has 0 radical (unpaired) electrons. The number of aliphatic hydroxyl groups is 1. The van der Waals surface area contributed by atoms with Crippen LogP contribution in [0.2, 0.25) is 0 Å². The van der Waals surface area contributed by atoms with Gasteiger partial charge in [0.05, 0.1) is 48.8 Å². The standard InChI is InChI=1S/C28H29N5O2/c1-19-5-8-23(12-24(19)16-34)27-26(22-9-6-20(13-29)7-10-22)31-28(25-14-30-18-33(25)27)35-17-21-4-3-11-32(2)15-21/h5-10,12,14,18,21,34H,3-4,11,15-17H2,1-2H3/t21-/m1/s1.